The van der Waals surface area contributed by atoms with Crippen LogP contribution in [0.5, 0.6) is 11.5 Å². The van der Waals surface area contributed by atoms with Crippen molar-refractivity contribution in [2.75, 3.05) is 56.8 Å². The van der Waals surface area contributed by atoms with Crippen LogP contribution in [0.15, 0.2) is 105 Å². The molecule has 44 heavy (non-hydrogen) atoms. The van der Waals surface area contributed by atoms with Gasteiger partial charge in [0.2, 0.25) is 0 Å². The van der Waals surface area contributed by atoms with Gasteiger partial charge in [0.1, 0.15) is 31.3 Å². The number of nitrogens with two attached hydrogens (primary N) is 1. The van der Waals surface area contributed by atoms with E-state index < -0.39 is 5.54 Å². The molecule has 7 nitrogen and oxygen atoms in total. The first-order valence-corrected chi connectivity index (χ1v) is 16.0. The van der Waals surface area contributed by atoms with Crippen LogP contribution in [0, 0.1) is 0 Å². The lowest BCUT2D eigenvalue weighted by Gasteiger charge is -2.31. The molecule has 3 aliphatic heterocycles. The number of aliphatic imine (C=N–C) groups is 1. The van der Waals surface area contributed by atoms with Crippen molar-refractivity contribution >= 4 is 54.8 Å². The first-order valence-electron chi connectivity index (χ1n) is 14.4. The van der Waals surface area contributed by atoms with Gasteiger partial charge in [0.25, 0.3) is 6.02 Å². The largest absolute Gasteiger partial charge is 0.490 e. The van der Waals surface area contributed by atoms with Crippen LogP contribution < -0.4 is 25.0 Å². The van der Waals surface area contributed by atoms with Crippen LogP contribution in [-0.4, -0.2) is 53.0 Å². The van der Waals surface area contributed by atoms with E-state index in [4.69, 9.17) is 19.9 Å². The number of nitrogens with zero attached hydrogens (tertiary/aromatic N) is 3. The predicted octanol–water partition coefficient (Wildman–Crippen LogP) is 7.21. The van der Waals surface area contributed by atoms with E-state index in [1.54, 1.807) is 0 Å². The summed E-state index contributed by atoms with van der Waals surface area (Å²) in [6.45, 7) is 7.85. The number of anilines is 2. The summed E-state index contributed by atoms with van der Waals surface area (Å²) in [5.74, 6) is 1.84. The van der Waals surface area contributed by atoms with Gasteiger partial charge in [-0.15, -0.1) is 0 Å². The van der Waals surface area contributed by atoms with Gasteiger partial charge in [-0.25, -0.2) is 4.99 Å². The fourth-order valence-corrected chi connectivity index (χ4v) is 6.43. The molecule has 4 aromatic rings. The Hall–Kier alpha value is -3.95. The van der Waals surface area contributed by atoms with Gasteiger partial charge < -0.3 is 29.7 Å². The normalized spacial score (nSPS) is 18.4. The number of halogens is 2. The minimum absolute atomic E-state index is 0.220. The topological polar surface area (TPSA) is 72.5 Å². The summed E-state index contributed by atoms with van der Waals surface area (Å²) in [7, 11) is 4.16. The zero-order chi connectivity index (χ0) is 30.8. The second-order valence-electron chi connectivity index (χ2n) is 11.0. The molecule has 226 valence electrons. The Morgan fingerprint density at radius 2 is 1.34 bits per heavy atom. The molecule has 1 atom stereocenters. The van der Waals surface area contributed by atoms with Gasteiger partial charge in [-0.1, -0.05) is 74.8 Å². The lowest BCUT2D eigenvalue weighted by Crippen LogP contribution is -2.31. The third kappa shape index (κ3) is 6.03. The van der Waals surface area contributed by atoms with Crippen LogP contribution in [-0.2, 0) is 10.3 Å². The van der Waals surface area contributed by atoms with Gasteiger partial charge in [-0.05, 0) is 76.4 Å². The molecule has 9 heteroatoms. The second-order valence-corrected chi connectivity index (χ2v) is 12.8. The SMILES string of the molecule is C=C(c1cccc(Br)c1)c1ccc2c(c1)N(C)CCO2.CN1CCOc2ccc(C3(c4cccc(Br)c4)COC(N)=N3)cc21. The highest BCUT2D eigenvalue weighted by Crippen LogP contribution is 2.42. The maximum absolute atomic E-state index is 5.87. The Morgan fingerprint density at radius 1 is 0.750 bits per heavy atom. The summed E-state index contributed by atoms with van der Waals surface area (Å²) in [6, 6.07) is 29.0. The van der Waals surface area contributed by atoms with Crippen LogP contribution in [0.3, 0.4) is 0 Å². The van der Waals surface area contributed by atoms with Crippen molar-refractivity contribution in [2.45, 2.75) is 5.54 Å². The van der Waals surface area contributed by atoms with Crippen molar-refractivity contribution in [3.63, 3.8) is 0 Å². The maximum atomic E-state index is 5.87. The minimum Gasteiger partial charge on any atom is -0.490 e. The summed E-state index contributed by atoms with van der Waals surface area (Å²) >= 11 is 7.05. The summed E-state index contributed by atoms with van der Waals surface area (Å²) in [6.07, 6.45) is 0. The summed E-state index contributed by atoms with van der Waals surface area (Å²) in [4.78, 5) is 9.08. The van der Waals surface area contributed by atoms with E-state index in [0.29, 0.717) is 13.2 Å². The van der Waals surface area contributed by atoms with E-state index in [2.05, 4.69) is 110 Å². The number of likely N-dealkylation sites (N-methyl/N-ethyl adjacent to an activating group) is 2. The van der Waals surface area contributed by atoms with Crippen LogP contribution in [0.2, 0.25) is 0 Å². The fourth-order valence-electron chi connectivity index (χ4n) is 5.63. The van der Waals surface area contributed by atoms with E-state index in [0.717, 1.165) is 79.3 Å². The Kier molecular flexibility index (Phi) is 8.60. The Balaban J connectivity index is 0.000000159. The van der Waals surface area contributed by atoms with Crippen LogP contribution in [0.1, 0.15) is 22.3 Å². The van der Waals surface area contributed by atoms with E-state index in [1.165, 1.54) is 0 Å². The molecule has 2 N–H and O–H groups in total. The molecule has 3 aliphatic rings. The quantitative estimate of drug-likeness (QED) is 0.241. The van der Waals surface area contributed by atoms with Crippen LogP contribution >= 0.6 is 31.9 Å². The molecule has 0 amide bonds. The maximum Gasteiger partial charge on any atom is 0.283 e. The minimum atomic E-state index is -0.638. The van der Waals surface area contributed by atoms with Crippen LogP contribution in [0.4, 0.5) is 11.4 Å². The van der Waals surface area contributed by atoms with Gasteiger partial charge in [0, 0.05) is 23.0 Å². The summed E-state index contributed by atoms with van der Waals surface area (Å²) < 4.78 is 19.0. The van der Waals surface area contributed by atoms with E-state index in [9.17, 15) is 0 Å². The lowest BCUT2D eigenvalue weighted by molar-refractivity contribution is 0.278. The molecule has 0 fully saturated rings. The molecule has 0 saturated carbocycles. The molecular formula is C35H34Br2N4O3. The molecule has 0 spiro atoms. The van der Waals surface area contributed by atoms with Gasteiger partial charge >= 0.3 is 0 Å². The number of hydrogen-bond donors (Lipinski definition) is 1. The van der Waals surface area contributed by atoms with Gasteiger partial charge in [-0.2, -0.15) is 0 Å². The van der Waals surface area contributed by atoms with E-state index >= 15 is 0 Å². The molecule has 7 rings (SSSR count). The third-order valence-corrected chi connectivity index (χ3v) is 9.13. The van der Waals surface area contributed by atoms with E-state index in [-0.39, 0.29) is 6.02 Å². The number of hydrogen-bond acceptors (Lipinski definition) is 7. The van der Waals surface area contributed by atoms with Crippen molar-refractivity contribution < 1.29 is 14.2 Å². The van der Waals surface area contributed by atoms with Crippen molar-refractivity contribution in [3.05, 3.63) is 123 Å². The zero-order valence-electron chi connectivity index (χ0n) is 24.7. The first kappa shape index (κ1) is 30.1. The Morgan fingerprint density at radius 3 is 1.98 bits per heavy atom. The molecule has 1 unspecified atom stereocenters. The Bertz CT molecular complexity index is 1740. The summed E-state index contributed by atoms with van der Waals surface area (Å²) in [5, 5.41) is 0. The number of rotatable bonds is 4. The number of ether oxygens (including phenoxy) is 3. The smallest absolute Gasteiger partial charge is 0.283 e. The number of benzene rings is 4. The molecule has 0 aromatic heterocycles. The molecule has 0 saturated heterocycles. The standard InChI is InChI=1S/C18H18BrN3O2.C17H16BrNO/c1-22-7-8-23-16-6-5-13(10-15(16)22)18(11-24-17(20)21-18)12-3-2-4-14(19)9-12;1-12(13-4-3-5-15(18)10-13)14-6-7-17-16(11-14)19(2)8-9-20-17/h2-6,9-10H,7-8,11H2,1H3,(H2,20,21);3-7,10-11H,1,8-9H2,2H3. The fraction of sp³-hybridized carbons (Fsp3) is 0.229. The zero-order valence-corrected chi connectivity index (χ0v) is 27.9. The van der Waals surface area contributed by atoms with Crippen LogP contribution in [0.25, 0.3) is 5.57 Å². The Labute approximate surface area is 275 Å². The van der Waals surface area contributed by atoms with Gasteiger partial charge in [0.05, 0.1) is 24.5 Å². The average Bonchev–Trinajstić information content (AvgIpc) is 3.44. The first-order chi connectivity index (χ1) is 21.2. The monoisotopic (exact) mass is 716 g/mol. The molecular weight excluding hydrogens is 684 g/mol. The average molecular weight is 718 g/mol. The van der Waals surface area contributed by atoms with Crippen molar-refractivity contribution in [3.8, 4) is 11.5 Å². The molecule has 3 heterocycles. The van der Waals surface area contributed by atoms with Crippen molar-refractivity contribution in [2.24, 2.45) is 10.7 Å². The predicted molar refractivity (Wildman–Crippen MR) is 185 cm³/mol. The molecule has 0 aliphatic carbocycles. The number of fused-ring (bicyclic) bond motifs is 2. The third-order valence-electron chi connectivity index (χ3n) is 8.14. The molecule has 0 radical (unpaired) electrons. The van der Waals surface area contributed by atoms with Gasteiger partial charge in [-0.3, -0.25) is 0 Å². The summed E-state index contributed by atoms with van der Waals surface area (Å²) in [5.41, 5.74) is 12.8. The van der Waals surface area contributed by atoms with E-state index in [1.807, 2.05) is 42.5 Å². The number of amidine groups is 1. The highest BCUT2D eigenvalue weighted by Gasteiger charge is 2.41. The lowest BCUT2D eigenvalue weighted by atomic mass is 9.84. The second kappa shape index (κ2) is 12.6. The highest BCUT2D eigenvalue weighted by molar-refractivity contribution is 9.10. The molecule has 0 bridgehead atoms. The van der Waals surface area contributed by atoms with Crippen molar-refractivity contribution in [1.29, 1.82) is 0 Å². The molecule has 4 aromatic carbocycles. The van der Waals surface area contributed by atoms with Gasteiger partial charge in [0.15, 0.2) is 5.54 Å². The van der Waals surface area contributed by atoms with Crippen molar-refractivity contribution in [1.82, 2.24) is 0 Å². The highest BCUT2D eigenvalue weighted by atomic mass is 79.9.